The fourth-order valence-corrected chi connectivity index (χ4v) is 2.92. The summed E-state index contributed by atoms with van der Waals surface area (Å²) in [6.45, 7) is 3.96. The quantitative estimate of drug-likeness (QED) is 0.857. The zero-order valence-electron chi connectivity index (χ0n) is 12.0. The Morgan fingerprint density at radius 3 is 3.00 bits per heavy atom. The summed E-state index contributed by atoms with van der Waals surface area (Å²) in [6, 6.07) is 8.51. The Morgan fingerprint density at radius 1 is 1.30 bits per heavy atom. The van der Waals surface area contributed by atoms with Gasteiger partial charge in [0.2, 0.25) is 0 Å². The number of hydrogen-bond donors (Lipinski definition) is 0. The Bertz CT molecular complexity index is 538. The molecule has 1 fully saturated rings. The van der Waals surface area contributed by atoms with Crippen molar-refractivity contribution in [1.82, 2.24) is 15.0 Å². The van der Waals surface area contributed by atoms with Crippen molar-refractivity contribution in [1.29, 1.82) is 0 Å². The molecule has 0 amide bonds. The Morgan fingerprint density at radius 2 is 2.25 bits per heavy atom. The van der Waals surface area contributed by atoms with Crippen LogP contribution in [0.15, 0.2) is 35.0 Å². The molecule has 1 aliphatic heterocycles. The van der Waals surface area contributed by atoms with Crippen LogP contribution in [0.1, 0.15) is 48.9 Å². The molecular weight excluding hydrogens is 250 g/mol. The standard InChI is InChI=1S/C16H21N3O/c1-13-11-16(20-18-13)15-8-3-2-6-10-19(15)12-14-7-4-5-9-17-14/h4-5,7,9,11,15H,2-3,6,8,10,12H2,1H3. The number of aromatic nitrogens is 2. The van der Waals surface area contributed by atoms with Crippen molar-refractivity contribution < 1.29 is 4.52 Å². The fraction of sp³-hybridized carbons (Fsp3) is 0.500. The van der Waals surface area contributed by atoms with Gasteiger partial charge in [-0.3, -0.25) is 9.88 Å². The van der Waals surface area contributed by atoms with Crippen LogP contribution in [0.25, 0.3) is 0 Å². The number of rotatable bonds is 3. The first-order chi connectivity index (χ1) is 9.83. The molecule has 2 aromatic heterocycles. The van der Waals surface area contributed by atoms with E-state index >= 15 is 0 Å². The molecular formula is C16H21N3O. The van der Waals surface area contributed by atoms with Crippen molar-refractivity contribution in [3.8, 4) is 0 Å². The van der Waals surface area contributed by atoms with Gasteiger partial charge in [-0.2, -0.15) is 0 Å². The zero-order valence-corrected chi connectivity index (χ0v) is 12.0. The molecule has 1 unspecified atom stereocenters. The molecule has 3 rings (SSSR count). The zero-order chi connectivity index (χ0) is 13.8. The lowest BCUT2D eigenvalue weighted by molar-refractivity contribution is 0.158. The summed E-state index contributed by atoms with van der Waals surface area (Å²) in [6.07, 6.45) is 6.80. The molecule has 0 aliphatic carbocycles. The molecule has 1 atom stereocenters. The average molecular weight is 271 g/mol. The van der Waals surface area contributed by atoms with Crippen LogP contribution in [0.4, 0.5) is 0 Å². The van der Waals surface area contributed by atoms with Crippen molar-refractivity contribution >= 4 is 0 Å². The smallest absolute Gasteiger partial charge is 0.154 e. The highest BCUT2D eigenvalue weighted by Gasteiger charge is 2.26. The summed E-state index contributed by atoms with van der Waals surface area (Å²) in [7, 11) is 0. The van der Waals surface area contributed by atoms with Gasteiger partial charge in [-0.1, -0.05) is 24.1 Å². The second-order valence-corrected chi connectivity index (χ2v) is 5.53. The Balaban J connectivity index is 1.80. The summed E-state index contributed by atoms with van der Waals surface area (Å²) in [4.78, 5) is 6.93. The Hall–Kier alpha value is -1.68. The summed E-state index contributed by atoms with van der Waals surface area (Å²) < 4.78 is 5.52. The normalized spacial score (nSPS) is 20.8. The van der Waals surface area contributed by atoms with Crippen LogP contribution < -0.4 is 0 Å². The molecule has 3 heterocycles. The first kappa shape index (κ1) is 13.3. The van der Waals surface area contributed by atoms with Gasteiger partial charge in [0.1, 0.15) is 0 Å². The van der Waals surface area contributed by atoms with Crippen molar-refractivity contribution in [2.45, 2.75) is 45.2 Å². The van der Waals surface area contributed by atoms with Gasteiger partial charge in [-0.25, -0.2) is 0 Å². The van der Waals surface area contributed by atoms with E-state index in [0.29, 0.717) is 6.04 Å². The highest BCUT2D eigenvalue weighted by molar-refractivity contribution is 5.10. The third-order valence-electron chi connectivity index (χ3n) is 3.93. The maximum atomic E-state index is 5.52. The van der Waals surface area contributed by atoms with Crippen LogP contribution in [0.5, 0.6) is 0 Å². The predicted octanol–water partition coefficient (Wildman–Crippen LogP) is 3.50. The van der Waals surface area contributed by atoms with Gasteiger partial charge in [0, 0.05) is 18.8 Å². The Labute approximate surface area is 119 Å². The highest BCUT2D eigenvalue weighted by Crippen LogP contribution is 2.31. The molecule has 106 valence electrons. The molecule has 1 saturated heterocycles. The first-order valence-corrected chi connectivity index (χ1v) is 7.40. The lowest BCUT2D eigenvalue weighted by Gasteiger charge is -2.27. The minimum Gasteiger partial charge on any atom is -0.359 e. The van der Waals surface area contributed by atoms with Gasteiger partial charge in [0.05, 0.1) is 17.4 Å². The van der Waals surface area contributed by atoms with Crippen molar-refractivity contribution in [2.75, 3.05) is 6.54 Å². The lowest BCUT2D eigenvalue weighted by atomic mass is 10.1. The minimum atomic E-state index is 0.334. The molecule has 0 radical (unpaired) electrons. The molecule has 20 heavy (non-hydrogen) atoms. The number of likely N-dealkylation sites (tertiary alicyclic amines) is 1. The number of pyridine rings is 1. The Kier molecular flexibility index (Phi) is 4.11. The highest BCUT2D eigenvalue weighted by atomic mass is 16.5. The molecule has 0 saturated carbocycles. The van der Waals surface area contributed by atoms with E-state index in [1.807, 2.05) is 25.3 Å². The van der Waals surface area contributed by atoms with E-state index in [1.165, 1.54) is 19.3 Å². The van der Waals surface area contributed by atoms with E-state index in [4.69, 9.17) is 4.52 Å². The van der Waals surface area contributed by atoms with Crippen molar-refractivity contribution in [3.05, 3.63) is 47.6 Å². The maximum absolute atomic E-state index is 5.52. The van der Waals surface area contributed by atoms with E-state index in [9.17, 15) is 0 Å². The van der Waals surface area contributed by atoms with E-state index < -0.39 is 0 Å². The SMILES string of the molecule is Cc1cc(C2CCCCCN2Cc2ccccn2)on1. The van der Waals surface area contributed by atoms with Crippen LogP contribution in [-0.2, 0) is 6.54 Å². The third-order valence-corrected chi connectivity index (χ3v) is 3.93. The van der Waals surface area contributed by atoms with Gasteiger partial charge < -0.3 is 4.52 Å². The molecule has 0 N–H and O–H groups in total. The third kappa shape index (κ3) is 3.07. The second kappa shape index (κ2) is 6.18. The topological polar surface area (TPSA) is 42.2 Å². The fourth-order valence-electron chi connectivity index (χ4n) is 2.92. The summed E-state index contributed by atoms with van der Waals surface area (Å²) in [5.41, 5.74) is 2.08. The second-order valence-electron chi connectivity index (χ2n) is 5.53. The van der Waals surface area contributed by atoms with Crippen LogP contribution in [-0.4, -0.2) is 21.6 Å². The van der Waals surface area contributed by atoms with Crippen LogP contribution >= 0.6 is 0 Å². The lowest BCUT2D eigenvalue weighted by Crippen LogP contribution is -2.28. The van der Waals surface area contributed by atoms with Gasteiger partial charge in [-0.05, 0) is 38.4 Å². The monoisotopic (exact) mass is 271 g/mol. The van der Waals surface area contributed by atoms with Gasteiger partial charge >= 0.3 is 0 Å². The predicted molar refractivity (Wildman–Crippen MR) is 77.1 cm³/mol. The summed E-state index contributed by atoms with van der Waals surface area (Å²) >= 11 is 0. The molecule has 4 heteroatoms. The van der Waals surface area contributed by atoms with E-state index in [0.717, 1.165) is 36.7 Å². The maximum Gasteiger partial charge on any atom is 0.154 e. The first-order valence-electron chi connectivity index (χ1n) is 7.40. The van der Waals surface area contributed by atoms with Gasteiger partial charge in [-0.15, -0.1) is 0 Å². The number of aryl methyl sites for hydroxylation is 1. The summed E-state index contributed by atoms with van der Waals surface area (Å²) in [5, 5.41) is 4.05. The molecule has 1 aliphatic rings. The molecule has 0 bridgehead atoms. The molecule has 0 aromatic carbocycles. The molecule has 4 nitrogen and oxygen atoms in total. The van der Waals surface area contributed by atoms with E-state index in [-0.39, 0.29) is 0 Å². The van der Waals surface area contributed by atoms with Crippen LogP contribution in [0.2, 0.25) is 0 Å². The largest absolute Gasteiger partial charge is 0.359 e. The van der Waals surface area contributed by atoms with Crippen LogP contribution in [0.3, 0.4) is 0 Å². The molecule has 0 spiro atoms. The minimum absolute atomic E-state index is 0.334. The van der Waals surface area contributed by atoms with E-state index in [2.05, 4.69) is 27.2 Å². The average Bonchev–Trinajstić information content (AvgIpc) is 2.76. The van der Waals surface area contributed by atoms with Crippen molar-refractivity contribution in [3.63, 3.8) is 0 Å². The number of hydrogen-bond acceptors (Lipinski definition) is 4. The van der Waals surface area contributed by atoms with Crippen LogP contribution in [0, 0.1) is 6.92 Å². The summed E-state index contributed by atoms with van der Waals surface area (Å²) in [5.74, 6) is 1.00. The van der Waals surface area contributed by atoms with Gasteiger partial charge in [0.15, 0.2) is 5.76 Å². The van der Waals surface area contributed by atoms with Crippen molar-refractivity contribution in [2.24, 2.45) is 0 Å². The number of nitrogens with zero attached hydrogens (tertiary/aromatic N) is 3. The van der Waals surface area contributed by atoms with E-state index in [1.54, 1.807) is 0 Å². The molecule has 2 aromatic rings. The van der Waals surface area contributed by atoms with Gasteiger partial charge in [0.25, 0.3) is 0 Å².